The minimum Gasteiger partial charge on any atom is -0.463 e. The van der Waals surface area contributed by atoms with Crippen molar-refractivity contribution in [1.82, 2.24) is 5.32 Å². The van der Waals surface area contributed by atoms with Crippen LogP contribution >= 0.6 is 0 Å². The number of alkyl carbamates (subject to hydrolysis) is 1. The van der Waals surface area contributed by atoms with Crippen LogP contribution < -0.4 is 5.32 Å². The molecule has 0 atom stereocenters. The average molecular weight is 393 g/mol. The molecule has 0 saturated carbocycles. The van der Waals surface area contributed by atoms with Crippen molar-refractivity contribution in [2.75, 3.05) is 13.2 Å². The molecule has 0 fully saturated rings. The monoisotopic (exact) mass is 393 g/mol. The molecule has 28 heavy (non-hydrogen) atoms. The molecule has 1 aromatic carbocycles. The minimum atomic E-state index is -0.667. The SMILES string of the molecule is CCCCC(=O)OCC(COC(=O)CCCC)NC(=O)OCc1ccccc1. The number of benzene rings is 1. The van der Waals surface area contributed by atoms with Crippen LogP contribution in [-0.2, 0) is 30.4 Å². The molecule has 0 aliphatic heterocycles. The van der Waals surface area contributed by atoms with Crippen LogP contribution in [0.25, 0.3) is 0 Å². The fraction of sp³-hybridized carbons (Fsp3) is 0.571. The lowest BCUT2D eigenvalue weighted by Crippen LogP contribution is -2.42. The van der Waals surface area contributed by atoms with Gasteiger partial charge in [0.1, 0.15) is 25.9 Å². The first kappa shape index (κ1) is 23.5. The number of hydrogen-bond donors (Lipinski definition) is 1. The zero-order chi connectivity index (χ0) is 20.6. The third-order valence-electron chi connectivity index (χ3n) is 3.89. The van der Waals surface area contributed by atoms with E-state index in [4.69, 9.17) is 14.2 Å². The molecule has 0 heterocycles. The lowest BCUT2D eigenvalue weighted by molar-refractivity contribution is -0.147. The van der Waals surface area contributed by atoms with Gasteiger partial charge >= 0.3 is 18.0 Å². The van der Waals surface area contributed by atoms with Crippen molar-refractivity contribution in [2.45, 2.75) is 65.0 Å². The van der Waals surface area contributed by atoms with E-state index in [1.54, 1.807) is 0 Å². The maximum Gasteiger partial charge on any atom is 0.407 e. The van der Waals surface area contributed by atoms with E-state index in [0.29, 0.717) is 12.8 Å². The van der Waals surface area contributed by atoms with E-state index in [9.17, 15) is 14.4 Å². The fourth-order valence-corrected chi connectivity index (χ4v) is 2.24. The third kappa shape index (κ3) is 11.2. The van der Waals surface area contributed by atoms with E-state index in [0.717, 1.165) is 31.2 Å². The Kier molecular flexibility index (Phi) is 12.1. The molecule has 0 aliphatic carbocycles. The summed E-state index contributed by atoms with van der Waals surface area (Å²) < 4.78 is 15.5. The first-order valence-electron chi connectivity index (χ1n) is 9.83. The lowest BCUT2D eigenvalue weighted by Gasteiger charge is -2.19. The Morgan fingerprint density at radius 3 is 1.89 bits per heavy atom. The molecule has 0 radical (unpaired) electrons. The maximum atomic E-state index is 12.0. The number of amides is 1. The van der Waals surface area contributed by atoms with Crippen LogP contribution in [0.5, 0.6) is 0 Å². The molecule has 0 saturated heterocycles. The van der Waals surface area contributed by atoms with Crippen LogP contribution in [0, 0.1) is 0 Å². The van der Waals surface area contributed by atoms with E-state index >= 15 is 0 Å². The number of hydrogen-bond acceptors (Lipinski definition) is 6. The standard InChI is InChI=1S/C21H31NO6/c1-3-5-12-19(23)26-15-18(16-27-20(24)13-6-4-2)22-21(25)28-14-17-10-8-7-9-11-17/h7-11,18H,3-6,12-16H2,1-2H3,(H,22,25). The quantitative estimate of drug-likeness (QED) is 0.405. The number of rotatable bonds is 13. The zero-order valence-electron chi connectivity index (χ0n) is 16.8. The number of ether oxygens (including phenoxy) is 3. The fourth-order valence-electron chi connectivity index (χ4n) is 2.24. The van der Waals surface area contributed by atoms with Gasteiger partial charge in [-0.15, -0.1) is 0 Å². The van der Waals surface area contributed by atoms with Crippen molar-refractivity contribution in [3.63, 3.8) is 0 Å². The highest BCUT2D eigenvalue weighted by molar-refractivity contribution is 5.70. The normalized spacial score (nSPS) is 10.4. The predicted octanol–water partition coefficient (Wildman–Crippen LogP) is 3.75. The molecule has 1 amide bonds. The van der Waals surface area contributed by atoms with Gasteiger partial charge in [-0.05, 0) is 18.4 Å². The summed E-state index contributed by atoms with van der Waals surface area (Å²) in [4.78, 5) is 35.5. The zero-order valence-corrected chi connectivity index (χ0v) is 16.8. The van der Waals surface area contributed by atoms with E-state index in [1.165, 1.54) is 0 Å². The van der Waals surface area contributed by atoms with E-state index in [-0.39, 0.29) is 31.8 Å². The van der Waals surface area contributed by atoms with Crippen LogP contribution in [0.15, 0.2) is 30.3 Å². The Morgan fingerprint density at radius 1 is 0.857 bits per heavy atom. The average Bonchev–Trinajstić information content (AvgIpc) is 2.71. The largest absolute Gasteiger partial charge is 0.463 e. The maximum absolute atomic E-state index is 12.0. The Morgan fingerprint density at radius 2 is 1.39 bits per heavy atom. The molecule has 1 rings (SSSR count). The van der Waals surface area contributed by atoms with Gasteiger partial charge in [0.05, 0.1) is 0 Å². The van der Waals surface area contributed by atoms with Gasteiger partial charge in [0.2, 0.25) is 0 Å². The summed E-state index contributed by atoms with van der Waals surface area (Å²) in [5.74, 6) is -0.688. The Hall–Kier alpha value is -2.57. The van der Waals surface area contributed by atoms with Gasteiger partial charge in [0.15, 0.2) is 0 Å². The van der Waals surface area contributed by atoms with Crippen molar-refractivity contribution in [2.24, 2.45) is 0 Å². The van der Waals surface area contributed by atoms with Gasteiger partial charge < -0.3 is 19.5 Å². The minimum absolute atomic E-state index is 0.0793. The van der Waals surface area contributed by atoms with E-state index in [2.05, 4.69) is 5.32 Å². The summed E-state index contributed by atoms with van der Waals surface area (Å²) >= 11 is 0. The second-order valence-electron chi connectivity index (χ2n) is 6.48. The molecule has 156 valence electrons. The van der Waals surface area contributed by atoms with Crippen molar-refractivity contribution in [1.29, 1.82) is 0 Å². The van der Waals surface area contributed by atoms with E-state index < -0.39 is 12.1 Å². The molecular formula is C21H31NO6. The Bertz CT molecular complexity index is 566. The Balaban J connectivity index is 2.48. The van der Waals surface area contributed by atoms with Crippen molar-refractivity contribution in [3.8, 4) is 0 Å². The highest BCUT2D eigenvalue weighted by Gasteiger charge is 2.18. The predicted molar refractivity (Wildman–Crippen MR) is 105 cm³/mol. The number of esters is 2. The molecule has 0 spiro atoms. The second-order valence-corrected chi connectivity index (χ2v) is 6.48. The first-order valence-corrected chi connectivity index (χ1v) is 9.83. The van der Waals surface area contributed by atoms with Gasteiger partial charge in [-0.1, -0.05) is 57.0 Å². The third-order valence-corrected chi connectivity index (χ3v) is 3.89. The number of nitrogens with one attached hydrogen (secondary N) is 1. The molecule has 0 aliphatic rings. The van der Waals surface area contributed by atoms with Gasteiger partial charge in [-0.25, -0.2) is 4.79 Å². The van der Waals surface area contributed by atoms with Crippen LogP contribution in [0.4, 0.5) is 4.79 Å². The van der Waals surface area contributed by atoms with Crippen LogP contribution in [-0.4, -0.2) is 37.3 Å². The molecule has 7 heteroatoms. The molecule has 0 bridgehead atoms. The van der Waals surface area contributed by atoms with Gasteiger partial charge in [-0.2, -0.15) is 0 Å². The highest BCUT2D eigenvalue weighted by atomic mass is 16.6. The highest BCUT2D eigenvalue weighted by Crippen LogP contribution is 2.03. The summed E-state index contributed by atoms with van der Waals surface area (Å²) in [6, 6.07) is 8.60. The topological polar surface area (TPSA) is 90.9 Å². The van der Waals surface area contributed by atoms with Crippen molar-refractivity contribution in [3.05, 3.63) is 35.9 Å². The number of carbonyl (C=O) groups is 3. The molecule has 0 aromatic heterocycles. The first-order chi connectivity index (χ1) is 13.5. The van der Waals surface area contributed by atoms with Crippen molar-refractivity contribution >= 4 is 18.0 Å². The van der Waals surface area contributed by atoms with Crippen LogP contribution in [0.1, 0.15) is 57.9 Å². The van der Waals surface area contributed by atoms with E-state index in [1.807, 2.05) is 44.2 Å². The molecule has 1 N–H and O–H groups in total. The van der Waals surface area contributed by atoms with Gasteiger partial charge in [0, 0.05) is 12.8 Å². The van der Waals surface area contributed by atoms with Gasteiger partial charge in [0.25, 0.3) is 0 Å². The molecule has 7 nitrogen and oxygen atoms in total. The summed E-state index contributed by atoms with van der Waals surface area (Å²) in [5, 5.41) is 2.59. The summed E-state index contributed by atoms with van der Waals surface area (Å²) in [5.41, 5.74) is 0.853. The number of unbranched alkanes of at least 4 members (excludes halogenated alkanes) is 2. The second kappa shape index (κ2) is 14.5. The molecule has 0 unspecified atom stereocenters. The molecular weight excluding hydrogens is 362 g/mol. The lowest BCUT2D eigenvalue weighted by atomic mass is 10.2. The summed E-state index contributed by atoms with van der Waals surface area (Å²) in [6.45, 7) is 3.92. The molecule has 1 aromatic rings. The Labute approximate surface area is 166 Å². The van der Waals surface area contributed by atoms with Crippen molar-refractivity contribution < 1.29 is 28.6 Å². The van der Waals surface area contributed by atoms with Crippen LogP contribution in [0.2, 0.25) is 0 Å². The number of carbonyl (C=O) groups excluding carboxylic acids is 3. The smallest absolute Gasteiger partial charge is 0.407 e. The summed E-state index contributed by atoms with van der Waals surface area (Å²) in [7, 11) is 0. The van der Waals surface area contributed by atoms with Gasteiger partial charge in [-0.3, -0.25) is 9.59 Å². The van der Waals surface area contributed by atoms with Crippen LogP contribution in [0.3, 0.4) is 0 Å². The summed E-state index contributed by atoms with van der Waals surface area (Å²) in [6.07, 6.45) is 3.22.